The Kier molecular flexibility index (Phi) is 6.82. The summed E-state index contributed by atoms with van der Waals surface area (Å²) in [5.41, 5.74) is 2.12. The third-order valence-corrected chi connectivity index (χ3v) is 5.09. The molecule has 1 aliphatic heterocycles. The fourth-order valence-corrected chi connectivity index (χ4v) is 3.65. The summed E-state index contributed by atoms with van der Waals surface area (Å²) in [6, 6.07) is 14.7. The van der Waals surface area contributed by atoms with Crippen LogP contribution in [-0.4, -0.2) is 37.6 Å². The van der Waals surface area contributed by atoms with E-state index in [9.17, 15) is 9.18 Å². The number of benzene rings is 2. The van der Waals surface area contributed by atoms with Gasteiger partial charge < -0.3 is 10.1 Å². The van der Waals surface area contributed by atoms with E-state index in [1.165, 1.54) is 6.07 Å². The van der Waals surface area contributed by atoms with Gasteiger partial charge in [-0.2, -0.15) is 0 Å². The summed E-state index contributed by atoms with van der Waals surface area (Å²) in [6.07, 6.45) is 3.92. The molecule has 1 fully saturated rings. The second kappa shape index (κ2) is 9.51. The average Bonchev–Trinajstić information content (AvgIpc) is 2.69. The molecule has 0 radical (unpaired) electrons. The highest BCUT2D eigenvalue weighted by Gasteiger charge is 2.25. The van der Waals surface area contributed by atoms with E-state index < -0.39 is 0 Å². The fraction of sp³-hybridized carbons (Fsp3) is 0.409. The number of piperidine rings is 1. The van der Waals surface area contributed by atoms with E-state index in [4.69, 9.17) is 4.74 Å². The number of carbonyl (C=O) groups excluding carboxylic acids is 1. The summed E-state index contributed by atoms with van der Waals surface area (Å²) in [7, 11) is 1.65. The van der Waals surface area contributed by atoms with Crippen molar-refractivity contribution in [1.29, 1.82) is 0 Å². The Morgan fingerprint density at radius 2 is 2.04 bits per heavy atom. The summed E-state index contributed by atoms with van der Waals surface area (Å²) < 4.78 is 18.7. The van der Waals surface area contributed by atoms with E-state index in [-0.39, 0.29) is 17.8 Å². The molecule has 27 heavy (non-hydrogen) atoms. The lowest BCUT2D eigenvalue weighted by molar-refractivity contribution is -0.123. The smallest absolute Gasteiger partial charge is 0.234 e. The van der Waals surface area contributed by atoms with Crippen LogP contribution in [0.5, 0.6) is 5.75 Å². The molecule has 0 aliphatic carbocycles. The number of rotatable bonds is 7. The first-order chi connectivity index (χ1) is 13.2. The van der Waals surface area contributed by atoms with E-state index in [0.717, 1.165) is 49.1 Å². The molecular formula is C22H27FN2O2. The number of nitrogens with one attached hydrogen (secondary N) is 1. The topological polar surface area (TPSA) is 41.6 Å². The number of likely N-dealkylation sites (tertiary alicyclic amines) is 1. The normalized spacial score (nSPS) is 17.5. The fourth-order valence-electron chi connectivity index (χ4n) is 3.65. The van der Waals surface area contributed by atoms with Gasteiger partial charge in [0.05, 0.1) is 13.7 Å². The van der Waals surface area contributed by atoms with Crippen molar-refractivity contribution >= 4 is 5.91 Å². The largest absolute Gasteiger partial charge is 0.497 e. The molecule has 144 valence electrons. The Bertz CT molecular complexity index is 748. The predicted molar refractivity (Wildman–Crippen MR) is 104 cm³/mol. The number of carbonyl (C=O) groups is 1. The minimum absolute atomic E-state index is 0.0202. The second-order valence-electron chi connectivity index (χ2n) is 6.99. The Morgan fingerprint density at radius 3 is 2.78 bits per heavy atom. The van der Waals surface area contributed by atoms with Gasteiger partial charge in [0.1, 0.15) is 11.6 Å². The molecule has 1 saturated heterocycles. The molecule has 2 aromatic rings. The standard InChI is InChI=1S/C22H27FN2O2/c1-27-20-10-8-17(9-11-20)12-13-24-22(26)16-25-14-3-2-7-21(25)18-5-4-6-19(23)15-18/h4-6,8-11,15,21H,2-3,7,12-14,16H2,1H3,(H,24,26)/t21-/m0/s1. The van der Waals surface area contributed by atoms with Crippen molar-refractivity contribution in [2.45, 2.75) is 31.7 Å². The number of hydrogen-bond acceptors (Lipinski definition) is 3. The molecule has 0 unspecified atom stereocenters. The van der Waals surface area contributed by atoms with Gasteiger partial charge in [0.2, 0.25) is 5.91 Å². The SMILES string of the molecule is COc1ccc(CCNC(=O)CN2CCCC[C@H]2c2cccc(F)c2)cc1. The van der Waals surface area contributed by atoms with E-state index in [0.29, 0.717) is 13.1 Å². The van der Waals surface area contributed by atoms with Crippen LogP contribution in [0.1, 0.15) is 36.4 Å². The van der Waals surface area contributed by atoms with Gasteiger partial charge in [-0.05, 0) is 61.2 Å². The molecule has 5 heteroatoms. The molecule has 1 atom stereocenters. The first-order valence-electron chi connectivity index (χ1n) is 9.55. The molecule has 0 aromatic heterocycles. The number of hydrogen-bond donors (Lipinski definition) is 1. The number of methoxy groups -OCH3 is 1. The van der Waals surface area contributed by atoms with Crippen LogP contribution < -0.4 is 10.1 Å². The maximum Gasteiger partial charge on any atom is 0.234 e. The maximum absolute atomic E-state index is 13.6. The molecule has 1 amide bonds. The van der Waals surface area contributed by atoms with Crippen LogP contribution in [0.2, 0.25) is 0 Å². The van der Waals surface area contributed by atoms with Crippen LogP contribution in [0.3, 0.4) is 0 Å². The second-order valence-corrected chi connectivity index (χ2v) is 6.99. The number of halogens is 1. The van der Waals surface area contributed by atoms with Crippen molar-refractivity contribution in [3.63, 3.8) is 0 Å². The minimum atomic E-state index is -0.220. The lowest BCUT2D eigenvalue weighted by atomic mass is 9.95. The highest BCUT2D eigenvalue weighted by atomic mass is 19.1. The zero-order valence-corrected chi connectivity index (χ0v) is 15.8. The summed E-state index contributed by atoms with van der Waals surface area (Å²) in [5.74, 6) is 0.630. The Balaban J connectivity index is 1.50. The van der Waals surface area contributed by atoms with Crippen LogP contribution in [0.25, 0.3) is 0 Å². The summed E-state index contributed by atoms with van der Waals surface area (Å²) in [6.45, 7) is 1.82. The van der Waals surface area contributed by atoms with Crippen molar-refractivity contribution in [3.8, 4) is 5.75 Å². The van der Waals surface area contributed by atoms with Crippen LogP contribution in [-0.2, 0) is 11.2 Å². The lowest BCUT2D eigenvalue weighted by Crippen LogP contribution is -2.42. The zero-order valence-electron chi connectivity index (χ0n) is 15.8. The van der Waals surface area contributed by atoms with Gasteiger partial charge in [-0.1, -0.05) is 30.7 Å². The molecule has 3 rings (SSSR count). The van der Waals surface area contributed by atoms with E-state index >= 15 is 0 Å². The van der Waals surface area contributed by atoms with E-state index in [2.05, 4.69) is 10.2 Å². The van der Waals surface area contributed by atoms with Crippen LogP contribution >= 0.6 is 0 Å². The van der Waals surface area contributed by atoms with Crippen molar-refractivity contribution in [3.05, 3.63) is 65.5 Å². The summed E-state index contributed by atoms with van der Waals surface area (Å²) in [4.78, 5) is 14.6. The van der Waals surface area contributed by atoms with Gasteiger partial charge in [0.25, 0.3) is 0 Å². The van der Waals surface area contributed by atoms with Crippen molar-refractivity contribution in [1.82, 2.24) is 10.2 Å². The monoisotopic (exact) mass is 370 g/mol. The molecule has 0 spiro atoms. The molecule has 2 aromatic carbocycles. The molecule has 1 N–H and O–H groups in total. The summed E-state index contributed by atoms with van der Waals surface area (Å²) in [5, 5.41) is 3.00. The average molecular weight is 370 g/mol. The Hall–Kier alpha value is -2.40. The highest BCUT2D eigenvalue weighted by molar-refractivity contribution is 5.78. The van der Waals surface area contributed by atoms with Crippen molar-refractivity contribution < 1.29 is 13.9 Å². The summed E-state index contributed by atoms with van der Waals surface area (Å²) >= 11 is 0. The van der Waals surface area contributed by atoms with Crippen LogP contribution in [0, 0.1) is 5.82 Å². The molecule has 1 aliphatic rings. The number of amides is 1. The first kappa shape index (κ1) is 19.4. The molecule has 4 nitrogen and oxygen atoms in total. The van der Waals surface area contributed by atoms with Crippen LogP contribution in [0.4, 0.5) is 4.39 Å². The highest BCUT2D eigenvalue weighted by Crippen LogP contribution is 2.30. The Morgan fingerprint density at radius 1 is 1.22 bits per heavy atom. The van der Waals surface area contributed by atoms with Gasteiger partial charge in [-0.3, -0.25) is 9.69 Å². The molecule has 0 saturated carbocycles. The third kappa shape index (κ3) is 5.54. The lowest BCUT2D eigenvalue weighted by Gasteiger charge is -2.35. The zero-order chi connectivity index (χ0) is 19.1. The Labute approximate surface area is 160 Å². The molecule has 1 heterocycles. The van der Waals surface area contributed by atoms with Crippen LogP contribution in [0.15, 0.2) is 48.5 Å². The minimum Gasteiger partial charge on any atom is -0.497 e. The van der Waals surface area contributed by atoms with Gasteiger partial charge >= 0.3 is 0 Å². The predicted octanol–water partition coefficient (Wildman–Crippen LogP) is 3.72. The van der Waals surface area contributed by atoms with Crippen molar-refractivity contribution in [2.75, 3.05) is 26.7 Å². The number of ether oxygens (including phenoxy) is 1. The van der Waals surface area contributed by atoms with E-state index in [1.807, 2.05) is 30.3 Å². The van der Waals surface area contributed by atoms with Gasteiger partial charge in [-0.15, -0.1) is 0 Å². The molecule has 0 bridgehead atoms. The maximum atomic E-state index is 13.6. The first-order valence-corrected chi connectivity index (χ1v) is 9.55. The van der Waals surface area contributed by atoms with Gasteiger partial charge in [0.15, 0.2) is 0 Å². The number of nitrogens with zero attached hydrogens (tertiary/aromatic N) is 1. The third-order valence-electron chi connectivity index (χ3n) is 5.09. The molecular weight excluding hydrogens is 343 g/mol. The van der Waals surface area contributed by atoms with Crippen molar-refractivity contribution in [2.24, 2.45) is 0 Å². The quantitative estimate of drug-likeness (QED) is 0.808. The van der Waals surface area contributed by atoms with Gasteiger partial charge in [0, 0.05) is 12.6 Å². The van der Waals surface area contributed by atoms with E-state index in [1.54, 1.807) is 19.2 Å². The van der Waals surface area contributed by atoms with Gasteiger partial charge in [-0.25, -0.2) is 4.39 Å².